The lowest BCUT2D eigenvalue weighted by atomic mass is 10.00. The lowest BCUT2D eigenvalue weighted by molar-refractivity contribution is -0.139. The molecular weight excluding hydrogens is 355 g/mol. The molecular formula is C20H22F3N3O. The summed E-state index contributed by atoms with van der Waals surface area (Å²) in [7, 11) is 0. The number of hydrogen-bond donors (Lipinski definition) is 0. The SMILES string of the molecule is CC(C)C[C@H](C)COc1ccc(-c2cnn3cccnc23)cc1C(F)(F)F. The molecule has 2 aromatic heterocycles. The molecule has 2 heterocycles. The van der Waals surface area contributed by atoms with E-state index in [-0.39, 0.29) is 18.3 Å². The zero-order valence-corrected chi connectivity index (χ0v) is 15.5. The van der Waals surface area contributed by atoms with Gasteiger partial charge in [-0.3, -0.25) is 0 Å². The van der Waals surface area contributed by atoms with E-state index in [1.807, 2.05) is 6.92 Å². The molecule has 0 saturated heterocycles. The summed E-state index contributed by atoms with van der Waals surface area (Å²) in [5.74, 6) is 0.497. The zero-order valence-electron chi connectivity index (χ0n) is 15.5. The molecule has 0 spiro atoms. The molecule has 0 saturated carbocycles. The maximum absolute atomic E-state index is 13.6. The van der Waals surface area contributed by atoms with Gasteiger partial charge in [-0.25, -0.2) is 9.50 Å². The second-order valence-electron chi connectivity index (χ2n) is 7.20. The van der Waals surface area contributed by atoms with Gasteiger partial charge in [0.25, 0.3) is 0 Å². The van der Waals surface area contributed by atoms with E-state index in [0.717, 1.165) is 12.5 Å². The maximum Gasteiger partial charge on any atom is 0.419 e. The number of aromatic nitrogens is 3. The highest BCUT2D eigenvalue weighted by Gasteiger charge is 2.35. The number of rotatable bonds is 6. The van der Waals surface area contributed by atoms with Gasteiger partial charge in [0, 0.05) is 18.0 Å². The molecule has 144 valence electrons. The number of benzene rings is 1. The fraction of sp³-hybridized carbons (Fsp3) is 0.400. The summed E-state index contributed by atoms with van der Waals surface area (Å²) >= 11 is 0. The van der Waals surface area contributed by atoms with Crippen molar-refractivity contribution >= 4 is 5.65 Å². The van der Waals surface area contributed by atoms with Crippen molar-refractivity contribution in [2.45, 2.75) is 33.4 Å². The van der Waals surface area contributed by atoms with Gasteiger partial charge in [-0.1, -0.05) is 26.8 Å². The van der Waals surface area contributed by atoms with Crippen LogP contribution in [-0.4, -0.2) is 21.2 Å². The van der Waals surface area contributed by atoms with Crippen LogP contribution in [-0.2, 0) is 6.18 Å². The monoisotopic (exact) mass is 377 g/mol. The molecule has 0 radical (unpaired) electrons. The Kier molecular flexibility index (Phi) is 5.39. The van der Waals surface area contributed by atoms with Crippen molar-refractivity contribution in [3.8, 4) is 16.9 Å². The molecule has 4 nitrogen and oxygen atoms in total. The minimum absolute atomic E-state index is 0.147. The fourth-order valence-electron chi connectivity index (χ4n) is 3.18. The first-order valence-electron chi connectivity index (χ1n) is 8.88. The minimum Gasteiger partial charge on any atom is -0.493 e. The minimum atomic E-state index is -4.51. The van der Waals surface area contributed by atoms with E-state index in [1.165, 1.54) is 16.8 Å². The Hall–Kier alpha value is -2.57. The topological polar surface area (TPSA) is 39.4 Å². The van der Waals surface area contributed by atoms with Gasteiger partial charge in [-0.2, -0.15) is 18.3 Å². The number of ether oxygens (including phenoxy) is 1. The molecule has 3 rings (SSSR count). The first-order chi connectivity index (χ1) is 12.8. The molecule has 0 aliphatic rings. The normalized spacial score (nSPS) is 13.3. The van der Waals surface area contributed by atoms with Crippen LogP contribution in [0.25, 0.3) is 16.8 Å². The average molecular weight is 377 g/mol. The standard InChI is InChI=1S/C20H22F3N3O/c1-13(2)9-14(3)12-27-18-6-5-15(10-17(18)20(21,22)23)16-11-25-26-8-4-7-24-19(16)26/h4-8,10-11,13-14H,9,12H2,1-3H3/t14-/m0/s1. The highest BCUT2D eigenvalue weighted by Crippen LogP contribution is 2.39. The van der Waals surface area contributed by atoms with Crippen LogP contribution in [0.15, 0.2) is 42.9 Å². The van der Waals surface area contributed by atoms with Gasteiger partial charge in [0.1, 0.15) is 5.75 Å². The van der Waals surface area contributed by atoms with Crippen LogP contribution in [0.5, 0.6) is 5.75 Å². The van der Waals surface area contributed by atoms with Gasteiger partial charge < -0.3 is 4.74 Å². The maximum atomic E-state index is 13.6. The number of alkyl halides is 3. The third-order valence-electron chi connectivity index (χ3n) is 4.27. The summed E-state index contributed by atoms with van der Waals surface area (Å²) in [6.07, 6.45) is 1.18. The summed E-state index contributed by atoms with van der Waals surface area (Å²) in [5.41, 5.74) is 0.663. The molecule has 7 heteroatoms. The molecule has 0 bridgehead atoms. The van der Waals surface area contributed by atoms with Crippen molar-refractivity contribution in [1.29, 1.82) is 0 Å². The number of halogens is 3. The molecule has 27 heavy (non-hydrogen) atoms. The highest BCUT2D eigenvalue weighted by atomic mass is 19.4. The molecule has 1 aromatic carbocycles. The third-order valence-corrected chi connectivity index (χ3v) is 4.27. The molecule has 0 amide bonds. The van der Waals surface area contributed by atoms with Crippen molar-refractivity contribution in [3.05, 3.63) is 48.4 Å². The third kappa shape index (κ3) is 4.40. The molecule has 0 N–H and O–H groups in total. The van der Waals surface area contributed by atoms with E-state index in [1.54, 1.807) is 24.5 Å². The Morgan fingerprint density at radius 2 is 1.96 bits per heavy atom. The van der Waals surface area contributed by atoms with E-state index >= 15 is 0 Å². The Bertz CT molecular complexity index is 918. The number of hydrogen-bond acceptors (Lipinski definition) is 3. The van der Waals surface area contributed by atoms with E-state index in [0.29, 0.717) is 22.7 Å². The summed E-state index contributed by atoms with van der Waals surface area (Å²) in [6.45, 7) is 6.39. The van der Waals surface area contributed by atoms with Gasteiger partial charge in [0.05, 0.1) is 18.4 Å². The molecule has 0 aliphatic carbocycles. The molecule has 1 atom stereocenters. The van der Waals surface area contributed by atoms with Crippen LogP contribution in [0.2, 0.25) is 0 Å². The van der Waals surface area contributed by atoms with Crippen LogP contribution >= 0.6 is 0 Å². The predicted molar refractivity (Wildman–Crippen MR) is 97.5 cm³/mol. The molecule has 0 unspecified atom stereocenters. The quantitative estimate of drug-likeness (QED) is 0.571. The lowest BCUT2D eigenvalue weighted by Crippen LogP contribution is -2.14. The van der Waals surface area contributed by atoms with Crippen molar-refractivity contribution in [1.82, 2.24) is 14.6 Å². The Labute approximate surface area is 156 Å². The first-order valence-corrected chi connectivity index (χ1v) is 8.88. The predicted octanol–water partition coefficient (Wildman–Crippen LogP) is 5.48. The van der Waals surface area contributed by atoms with Crippen LogP contribution in [0, 0.1) is 11.8 Å². The second-order valence-corrected chi connectivity index (χ2v) is 7.20. The van der Waals surface area contributed by atoms with Crippen molar-refractivity contribution in [3.63, 3.8) is 0 Å². The number of nitrogens with zero attached hydrogens (tertiary/aromatic N) is 3. The largest absolute Gasteiger partial charge is 0.493 e. The van der Waals surface area contributed by atoms with Crippen LogP contribution in [0.3, 0.4) is 0 Å². The lowest BCUT2D eigenvalue weighted by Gasteiger charge is -2.18. The number of fused-ring (bicyclic) bond motifs is 1. The van der Waals surface area contributed by atoms with Crippen molar-refractivity contribution in [2.24, 2.45) is 11.8 Å². The Morgan fingerprint density at radius 1 is 1.19 bits per heavy atom. The van der Waals surface area contributed by atoms with Crippen LogP contribution in [0.4, 0.5) is 13.2 Å². The van der Waals surface area contributed by atoms with Gasteiger partial charge in [-0.15, -0.1) is 0 Å². The van der Waals surface area contributed by atoms with E-state index in [2.05, 4.69) is 23.9 Å². The van der Waals surface area contributed by atoms with Crippen molar-refractivity contribution in [2.75, 3.05) is 6.61 Å². The van der Waals surface area contributed by atoms with E-state index in [9.17, 15) is 13.2 Å². The first kappa shape index (κ1) is 19.2. The average Bonchev–Trinajstić information content (AvgIpc) is 3.02. The smallest absolute Gasteiger partial charge is 0.419 e. The highest BCUT2D eigenvalue weighted by molar-refractivity contribution is 5.77. The molecule has 0 fully saturated rings. The summed E-state index contributed by atoms with van der Waals surface area (Å²) in [5, 5.41) is 4.14. The molecule has 3 aromatic rings. The van der Waals surface area contributed by atoms with Gasteiger partial charge in [0.15, 0.2) is 5.65 Å². The van der Waals surface area contributed by atoms with Gasteiger partial charge >= 0.3 is 6.18 Å². The summed E-state index contributed by atoms with van der Waals surface area (Å²) in [4.78, 5) is 4.21. The Morgan fingerprint density at radius 3 is 2.67 bits per heavy atom. The Balaban J connectivity index is 1.93. The van der Waals surface area contributed by atoms with E-state index in [4.69, 9.17) is 4.74 Å². The fourth-order valence-corrected chi connectivity index (χ4v) is 3.18. The summed E-state index contributed by atoms with van der Waals surface area (Å²) < 4.78 is 47.9. The van der Waals surface area contributed by atoms with Crippen LogP contribution < -0.4 is 4.74 Å². The van der Waals surface area contributed by atoms with Crippen LogP contribution in [0.1, 0.15) is 32.8 Å². The van der Waals surface area contributed by atoms with E-state index < -0.39 is 11.7 Å². The zero-order chi connectivity index (χ0) is 19.6. The van der Waals surface area contributed by atoms with Crippen molar-refractivity contribution < 1.29 is 17.9 Å². The molecule has 0 aliphatic heterocycles. The summed E-state index contributed by atoms with van der Waals surface area (Å²) in [6, 6.07) is 5.81. The second kappa shape index (κ2) is 7.58. The van der Waals surface area contributed by atoms with Gasteiger partial charge in [0.2, 0.25) is 0 Å². The van der Waals surface area contributed by atoms with Gasteiger partial charge in [-0.05, 0) is 42.0 Å².